The predicted molar refractivity (Wildman–Crippen MR) is 84.0 cm³/mol. The largest absolute Gasteiger partial charge is 0.465 e. The Morgan fingerprint density at radius 2 is 2.00 bits per heavy atom. The van der Waals surface area contributed by atoms with Gasteiger partial charge in [-0.1, -0.05) is 18.2 Å². The maximum atomic E-state index is 12.8. The van der Waals surface area contributed by atoms with Crippen molar-refractivity contribution >= 4 is 11.7 Å². The number of esters is 1. The lowest BCUT2D eigenvalue weighted by Gasteiger charge is -2.20. The van der Waals surface area contributed by atoms with Crippen molar-refractivity contribution in [2.75, 3.05) is 18.6 Å². The van der Waals surface area contributed by atoms with Gasteiger partial charge in [-0.3, -0.25) is 0 Å². The first-order valence-electron chi connectivity index (χ1n) is 7.51. The van der Waals surface area contributed by atoms with Crippen molar-refractivity contribution in [3.63, 3.8) is 0 Å². The lowest BCUT2D eigenvalue weighted by Crippen LogP contribution is -2.20. The van der Waals surface area contributed by atoms with Crippen molar-refractivity contribution in [2.24, 2.45) is 0 Å². The Balaban J connectivity index is 1.85. The first-order valence-corrected chi connectivity index (χ1v) is 7.51. The van der Waals surface area contributed by atoms with Gasteiger partial charge in [0, 0.05) is 18.8 Å². The Morgan fingerprint density at radius 3 is 2.71 bits per heavy atom. The van der Waals surface area contributed by atoms with Crippen molar-refractivity contribution < 1.29 is 22.7 Å². The number of alkyl halides is 3. The van der Waals surface area contributed by atoms with Crippen LogP contribution in [0.25, 0.3) is 0 Å². The molecule has 0 unspecified atom stereocenters. The molecule has 2 aromatic rings. The minimum atomic E-state index is -4.35. The van der Waals surface area contributed by atoms with Crippen LogP contribution in [0.1, 0.15) is 27.0 Å². The molecule has 0 spiro atoms. The third-order valence-electron chi connectivity index (χ3n) is 4.13. The minimum Gasteiger partial charge on any atom is -0.465 e. The molecule has 0 N–H and O–H groups in total. The van der Waals surface area contributed by atoms with Gasteiger partial charge in [0.25, 0.3) is 0 Å². The van der Waals surface area contributed by atoms with Crippen LogP contribution in [0.2, 0.25) is 0 Å². The molecule has 0 saturated heterocycles. The number of hydrogen-bond donors (Lipinski definition) is 0. The molecule has 24 heavy (non-hydrogen) atoms. The normalized spacial score (nSPS) is 13.8. The van der Waals surface area contributed by atoms with Crippen molar-refractivity contribution in [1.29, 1.82) is 0 Å². The number of methoxy groups -OCH3 is 1. The van der Waals surface area contributed by atoms with Crippen LogP contribution in [0.3, 0.4) is 0 Å². The Hall–Kier alpha value is -2.50. The molecule has 6 heteroatoms. The Morgan fingerprint density at radius 1 is 1.21 bits per heavy atom. The van der Waals surface area contributed by atoms with Gasteiger partial charge in [-0.05, 0) is 41.8 Å². The zero-order valence-corrected chi connectivity index (χ0v) is 13.1. The fraction of sp³-hybridized carbons (Fsp3) is 0.278. The predicted octanol–water partition coefficient (Wildman–Crippen LogP) is 4.05. The number of halogens is 3. The van der Waals surface area contributed by atoms with E-state index in [0.717, 1.165) is 23.7 Å². The third-order valence-corrected chi connectivity index (χ3v) is 4.13. The smallest absolute Gasteiger partial charge is 0.416 e. The van der Waals surface area contributed by atoms with Crippen LogP contribution in [0.15, 0.2) is 42.5 Å². The van der Waals surface area contributed by atoms with E-state index in [2.05, 4.69) is 0 Å². The van der Waals surface area contributed by atoms with Crippen LogP contribution in [0, 0.1) is 0 Å². The quantitative estimate of drug-likeness (QED) is 0.793. The highest BCUT2D eigenvalue weighted by Gasteiger charge is 2.30. The van der Waals surface area contributed by atoms with E-state index in [9.17, 15) is 18.0 Å². The highest BCUT2D eigenvalue weighted by molar-refractivity contribution is 5.91. The van der Waals surface area contributed by atoms with E-state index in [1.165, 1.54) is 19.2 Å². The molecule has 0 aliphatic carbocycles. The summed E-state index contributed by atoms with van der Waals surface area (Å²) in [5.74, 6) is -0.427. The van der Waals surface area contributed by atoms with Crippen molar-refractivity contribution in [3.05, 3.63) is 64.7 Å². The van der Waals surface area contributed by atoms with Gasteiger partial charge in [-0.15, -0.1) is 0 Å². The SMILES string of the molecule is COC(=O)c1ccc2c(c1)N(Cc1cccc(C(F)(F)F)c1)CC2. The van der Waals surface area contributed by atoms with Crippen LogP contribution in [0.5, 0.6) is 0 Å². The molecule has 2 aromatic carbocycles. The summed E-state index contributed by atoms with van der Waals surface area (Å²) in [6.45, 7) is 1.07. The number of nitrogens with zero attached hydrogens (tertiary/aromatic N) is 1. The van der Waals surface area contributed by atoms with E-state index in [4.69, 9.17) is 4.74 Å². The van der Waals surface area contributed by atoms with Crippen LogP contribution in [-0.2, 0) is 23.9 Å². The molecular weight excluding hydrogens is 319 g/mol. The van der Waals surface area contributed by atoms with Gasteiger partial charge in [-0.2, -0.15) is 13.2 Å². The summed E-state index contributed by atoms with van der Waals surface area (Å²) < 4.78 is 43.2. The molecule has 0 saturated carbocycles. The summed E-state index contributed by atoms with van der Waals surface area (Å²) in [6, 6.07) is 10.6. The van der Waals surface area contributed by atoms with E-state index in [1.54, 1.807) is 18.2 Å². The molecule has 126 valence electrons. The lowest BCUT2D eigenvalue weighted by molar-refractivity contribution is -0.137. The van der Waals surface area contributed by atoms with Gasteiger partial charge in [-0.25, -0.2) is 4.79 Å². The third kappa shape index (κ3) is 3.22. The maximum Gasteiger partial charge on any atom is 0.416 e. The molecule has 3 rings (SSSR count). The van der Waals surface area contributed by atoms with Gasteiger partial charge in [0.05, 0.1) is 18.2 Å². The van der Waals surface area contributed by atoms with Gasteiger partial charge in [0.1, 0.15) is 0 Å². The summed E-state index contributed by atoms with van der Waals surface area (Å²) in [6.07, 6.45) is -3.55. The summed E-state index contributed by atoms with van der Waals surface area (Å²) in [4.78, 5) is 13.7. The standard InChI is InChI=1S/C18H16F3NO2/c1-24-17(23)14-6-5-13-7-8-22(16(13)10-14)11-12-3-2-4-15(9-12)18(19,20)21/h2-6,9-10H,7-8,11H2,1H3. The highest BCUT2D eigenvalue weighted by atomic mass is 19.4. The van der Waals surface area contributed by atoms with Crippen LogP contribution >= 0.6 is 0 Å². The lowest BCUT2D eigenvalue weighted by atomic mass is 10.1. The Labute approximate surface area is 137 Å². The number of hydrogen-bond acceptors (Lipinski definition) is 3. The molecule has 3 nitrogen and oxygen atoms in total. The number of carbonyl (C=O) groups is 1. The monoisotopic (exact) mass is 335 g/mol. The van der Waals surface area contributed by atoms with Crippen LogP contribution < -0.4 is 4.90 Å². The molecule has 0 bridgehead atoms. The first-order chi connectivity index (χ1) is 11.4. The van der Waals surface area contributed by atoms with E-state index in [1.807, 2.05) is 11.0 Å². The van der Waals surface area contributed by atoms with E-state index >= 15 is 0 Å². The van der Waals surface area contributed by atoms with Gasteiger partial charge >= 0.3 is 12.1 Å². The average Bonchev–Trinajstić information content (AvgIpc) is 2.96. The molecule has 1 heterocycles. The van der Waals surface area contributed by atoms with Crippen LogP contribution in [-0.4, -0.2) is 19.6 Å². The second kappa shape index (κ2) is 6.19. The number of anilines is 1. The zero-order valence-electron chi connectivity index (χ0n) is 13.1. The molecule has 0 aromatic heterocycles. The fourth-order valence-corrected chi connectivity index (χ4v) is 2.92. The molecule has 1 aliphatic heterocycles. The van der Waals surface area contributed by atoms with E-state index in [0.29, 0.717) is 24.2 Å². The maximum absolute atomic E-state index is 12.8. The van der Waals surface area contributed by atoms with Crippen molar-refractivity contribution in [1.82, 2.24) is 0 Å². The second-order valence-corrected chi connectivity index (χ2v) is 5.70. The highest BCUT2D eigenvalue weighted by Crippen LogP contribution is 2.33. The molecule has 0 amide bonds. The number of fused-ring (bicyclic) bond motifs is 1. The topological polar surface area (TPSA) is 29.5 Å². The summed E-state index contributed by atoms with van der Waals surface area (Å²) in [5.41, 5.74) is 2.32. The molecule has 0 fully saturated rings. The van der Waals surface area contributed by atoms with Gasteiger partial charge in [0.2, 0.25) is 0 Å². The molecule has 0 atom stereocenters. The molecule has 1 aliphatic rings. The van der Waals surface area contributed by atoms with Crippen LogP contribution in [0.4, 0.5) is 18.9 Å². The second-order valence-electron chi connectivity index (χ2n) is 5.70. The number of rotatable bonds is 3. The van der Waals surface area contributed by atoms with Crippen molar-refractivity contribution in [3.8, 4) is 0 Å². The number of carbonyl (C=O) groups excluding carboxylic acids is 1. The molecule has 0 radical (unpaired) electrons. The average molecular weight is 335 g/mol. The number of benzene rings is 2. The minimum absolute atomic E-state index is 0.363. The summed E-state index contributed by atoms with van der Waals surface area (Å²) in [5, 5.41) is 0. The summed E-state index contributed by atoms with van der Waals surface area (Å²) >= 11 is 0. The summed E-state index contributed by atoms with van der Waals surface area (Å²) in [7, 11) is 1.32. The zero-order chi connectivity index (χ0) is 17.3. The Kier molecular flexibility index (Phi) is 4.22. The molecular formula is C18H16F3NO2. The Bertz CT molecular complexity index is 771. The van der Waals surface area contributed by atoms with Crippen molar-refractivity contribution in [2.45, 2.75) is 19.1 Å². The number of ether oxygens (including phenoxy) is 1. The fourth-order valence-electron chi connectivity index (χ4n) is 2.92. The van der Waals surface area contributed by atoms with E-state index < -0.39 is 17.7 Å². The van der Waals surface area contributed by atoms with Gasteiger partial charge < -0.3 is 9.64 Å². The first kappa shape index (κ1) is 16.4. The van der Waals surface area contributed by atoms with Gasteiger partial charge in [0.15, 0.2) is 0 Å². The van der Waals surface area contributed by atoms with E-state index in [-0.39, 0.29) is 0 Å².